The number of nitrogens with zero attached hydrogens (tertiary/aromatic N) is 2. The topological polar surface area (TPSA) is 76.0 Å². The van der Waals surface area contributed by atoms with Gasteiger partial charge in [-0.1, -0.05) is 44.2 Å². The maximum Gasteiger partial charge on any atom is 0.244 e. The molecule has 140 valence electrons. The van der Waals surface area contributed by atoms with Gasteiger partial charge >= 0.3 is 0 Å². The van der Waals surface area contributed by atoms with Gasteiger partial charge in [-0.05, 0) is 31.2 Å². The van der Waals surface area contributed by atoms with Crippen molar-refractivity contribution in [2.45, 2.75) is 33.4 Å². The predicted molar refractivity (Wildman–Crippen MR) is 106 cm³/mol. The third kappa shape index (κ3) is 4.34. The van der Waals surface area contributed by atoms with E-state index in [9.17, 15) is 9.59 Å². The second-order valence-electron chi connectivity index (χ2n) is 6.84. The smallest absolute Gasteiger partial charge is 0.244 e. The molecule has 1 atom stereocenters. The van der Waals surface area contributed by atoms with Gasteiger partial charge in [0.15, 0.2) is 0 Å². The Hall–Kier alpha value is -3.15. The molecule has 2 N–H and O–H groups in total. The van der Waals surface area contributed by atoms with Gasteiger partial charge in [0, 0.05) is 11.6 Å². The summed E-state index contributed by atoms with van der Waals surface area (Å²) in [6.07, 6.45) is 0. The molecule has 2 amide bonds. The Kier molecular flexibility index (Phi) is 5.54. The van der Waals surface area contributed by atoms with E-state index >= 15 is 0 Å². The van der Waals surface area contributed by atoms with E-state index in [2.05, 4.69) is 15.6 Å². The second kappa shape index (κ2) is 8.03. The molecule has 0 saturated heterocycles. The Morgan fingerprint density at radius 1 is 1.00 bits per heavy atom. The highest BCUT2D eigenvalue weighted by atomic mass is 16.2. The first-order valence-electron chi connectivity index (χ1n) is 9.06. The van der Waals surface area contributed by atoms with E-state index in [1.54, 1.807) is 0 Å². The number of hydrogen-bond acceptors (Lipinski definition) is 3. The van der Waals surface area contributed by atoms with Crippen molar-refractivity contribution < 1.29 is 9.59 Å². The number of amides is 2. The zero-order valence-corrected chi connectivity index (χ0v) is 15.8. The van der Waals surface area contributed by atoms with Crippen molar-refractivity contribution in [3.05, 3.63) is 60.4 Å². The molecule has 0 saturated carbocycles. The number of nitrogens with one attached hydrogen (secondary N) is 2. The van der Waals surface area contributed by atoms with Crippen LogP contribution in [-0.4, -0.2) is 21.4 Å². The van der Waals surface area contributed by atoms with Gasteiger partial charge in [0.25, 0.3) is 0 Å². The first-order valence-corrected chi connectivity index (χ1v) is 9.06. The number of anilines is 1. The first kappa shape index (κ1) is 18.6. The highest BCUT2D eigenvalue weighted by Crippen LogP contribution is 2.21. The maximum atomic E-state index is 12.6. The molecule has 1 aromatic heterocycles. The Bertz CT molecular complexity index is 947. The van der Waals surface area contributed by atoms with Crippen LogP contribution >= 0.6 is 0 Å². The van der Waals surface area contributed by atoms with E-state index in [0.29, 0.717) is 5.82 Å². The lowest BCUT2D eigenvalue weighted by molar-refractivity contribution is -0.124. The van der Waals surface area contributed by atoms with Gasteiger partial charge in [0.2, 0.25) is 11.8 Å². The second-order valence-corrected chi connectivity index (χ2v) is 6.84. The molecule has 0 fully saturated rings. The van der Waals surface area contributed by atoms with E-state index < -0.39 is 0 Å². The fourth-order valence-corrected chi connectivity index (χ4v) is 2.90. The first-order chi connectivity index (χ1) is 13.0. The van der Waals surface area contributed by atoms with Crippen LogP contribution in [0, 0.1) is 5.92 Å². The summed E-state index contributed by atoms with van der Waals surface area (Å²) in [4.78, 5) is 29.3. The minimum atomic E-state index is -0.308. The zero-order valence-electron chi connectivity index (χ0n) is 15.8. The van der Waals surface area contributed by atoms with Crippen LogP contribution in [0.1, 0.15) is 32.6 Å². The summed E-state index contributed by atoms with van der Waals surface area (Å²) in [5.74, 6) is 0.350. The molecule has 6 heteroatoms. The van der Waals surface area contributed by atoms with Crippen molar-refractivity contribution in [3.8, 4) is 0 Å². The molecule has 0 bridgehead atoms. The van der Waals surface area contributed by atoms with Crippen LogP contribution in [0.5, 0.6) is 0 Å². The van der Waals surface area contributed by atoms with Crippen LogP contribution in [-0.2, 0) is 16.1 Å². The van der Waals surface area contributed by atoms with Crippen LogP contribution in [0.3, 0.4) is 0 Å². The van der Waals surface area contributed by atoms with Gasteiger partial charge in [-0.3, -0.25) is 9.59 Å². The molecule has 1 heterocycles. The number of carbonyl (C=O) groups is 2. The molecule has 6 nitrogen and oxygen atoms in total. The molecule has 0 aliphatic heterocycles. The number of carbonyl (C=O) groups excluding carboxylic acids is 2. The normalized spacial score (nSPS) is 12.1. The lowest BCUT2D eigenvalue weighted by Gasteiger charge is -2.17. The number of para-hydroxylation sites is 3. The minimum absolute atomic E-state index is 0.0464. The lowest BCUT2D eigenvalue weighted by Crippen LogP contribution is -2.32. The average Bonchev–Trinajstić information content (AvgIpc) is 3.01. The van der Waals surface area contributed by atoms with E-state index in [-0.39, 0.29) is 30.3 Å². The summed E-state index contributed by atoms with van der Waals surface area (Å²) in [7, 11) is 0. The van der Waals surface area contributed by atoms with Crippen molar-refractivity contribution in [2.75, 3.05) is 5.32 Å². The molecule has 3 aromatic rings. The van der Waals surface area contributed by atoms with Crippen molar-refractivity contribution in [2.24, 2.45) is 5.92 Å². The fourth-order valence-electron chi connectivity index (χ4n) is 2.90. The Morgan fingerprint density at radius 2 is 1.67 bits per heavy atom. The minimum Gasteiger partial charge on any atom is -0.346 e. The number of rotatable bonds is 6. The molecule has 0 aliphatic carbocycles. The van der Waals surface area contributed by atoms with Crippen molar-refractivity contribution in [1.82, 2.24) is 14.9 Å². The Balaban J connectivity index is 1.88. The molecular formula is C21H24N4O2. The molecule has 0 spiro atoms. The molecule has 3 rings (SSSR count). The van der Waals surface area contributed by atoms with Crippen molar-refractivity contribution in [3.63, 3.8) is 0 Å². The van der Waals surface area contributed by atoms with Crippen LogP contribution in [0.15, 0.2) is 54.6 Å². The quantitative estimate of drug-likeness (QED) is 0.703. The summed E-state index contributed by atoms with van der Waals surface area (Å²) in [6, 6.07) is 16.7. The summed E-state index contributed by atoms with van der Waals surface area (Å²) in [5, 5.41) is 5.86. The lowest BCUT2D eigenvalue weighted by atomic mass is 10.2. The Labute approximate surface area is 158 Å². The summed E-state index contributed by atoms with van der Waals surface area (Å²) >= 11 is 0. The van der Waals surface area contributed by atoms with E-state index in [4.69, 9.17) is 0 Å². The fraction of sp³-hybridized carbons (Fsp3) is 0.286. The third-order valence-corrected chi connectivity index (χ3v) is 4.31. The van der Waals surface area contributed by atoms with Gasteiger partial charge in [-0.15, -0.1) is 0 Å². The van der Waals surface area contributed by atoms with Gasteiger partial charge in [-0.25, -0.2) is 4.98 Å². The molecular weight excluding hydrogens is 340 g/mol. The van der Waals surface area contributed by atoms with Crippen LogP contribution < -0.4 is 10.6 Å². The molecule has 27 heavy (non-hydrogen) atoms. The number of aromatic nitrogens is 2. The van der Waals surface area contributed by atoms with E-state index in [1.165, 1.54) is 0 Å². The summed E-state index contributed by atoms with van der Waals surface area (Å²) < 4.78 is 1.86. The Morgan fingerprint density at radius 3 is 2.37 bits per heavy atom. The number of imidazole rings is 1. The number of hydrogen-bond donors (Lipinski definition) is 2. The number of benzene rings is 2. The van der Waals surface area contributed by atoms with Crippen LogP contribution in [0.4, 0.5) is 5.69 Å². The number of fused-ring (bicyclic) bond motifs is 1. The van der Waals surface area contributed by atoms with Gasteiger partial charge in [0.05, 0.1) is 17.1 Å². The standard InChI is InChI=1S/C21H24N4O2/c1-14(2)21(27)22-15(3)20-24-17-11-7-8-12-18(17)25(20)13-19(26)23-16-9-5-4-6-10-16/h4-12,14-15H,13H2,1-3H3,(H,22,27)(H,23,26). The van der Waals surface area contributed by atoms with Crippen LogP contribution in [0.2, 0.25) is 0 Å². The van der Waals surface area contributed by atoms with Crippen LogP contribution in [0.25, 0.3) is 11.0 Å². The highest BCUT2D eigenvalue weighted by Gasteiger charge is 2.20. The molecule has 0 aliphatic rings. The van der Waals surface area contributed by atoms with Gasteiger partial charge in [-0.2, -0.15) is 0 Å². The zero-order chi connectivity index (χ0) is 19.4. The third-order valence-electron chi connectivity index (χ3n) is 4.31. The van der Waals surface area contributed by atoms with Gasteiger partial charge < -0.3 is 15.2 Å². The largest absolute Gasteiger partial charge is 0.346 e. The van der Waals surface area contributed by atoms with Crippen molar-refractivity contribution in [1.29, 1.82) is 0 Å². The predicted octanol–water partition coefficient (Wildman–Crippen LogP) is 3.51. The molecule has 0 radical (unpaired) electrons. The van der Waals surface area contributed by atoms with E-state index in [1.807, 2.05) is 79.9 Å². The van der Waals surface area contributed by atoms with Gasteiger partial charge in [0.1, 0.15) is 12.4 Å². The van der Waals surface area contributed by atoms with Crippen molar-refractivity contribution >= 4 is 28.5 Å². The summed E-state index contributed by atoms with van der Waals surface area (Å²) in [6.45, 7) is 5.69. The summed E-state index contributed by atoms with van der Waals surface area (Å²) in [5.41, 5.74) is 2.40. The SMILES string of the molecule is CC(C)C(=O)NC(C)c1nc2ccccc2n1CC(=O)Nc1ccccc1. The highest BCUT2D eigenvalue weighted by molar-refractivity contribution is 5.91. The average molecular weight is 364 g/mol. The van der Waals surface area contributed by atoms with E-state index in [0.717, 1.165) is 16.7 Å². The molecule has 1 unspecified atom stereocenters. The molecule has 2 aromatic carbocycles. The maximum absolute atomic E-state index is 12.6. The monoisotopic (exact) mass is 364 g/mol.